The Morgan fingerprint density at radius 2 is 1.89 bits per heavy atom. The van der Waals surface area contributed by atoms with Crippen molar-refractivity contribution in [3.05, 3.63) is 0 Å². The first-order chi connectivity index (χ1) is 13.1. The van der Waals surface area contributed by atoms with Gasteiger partial charge < -0.3 is 29.7 Å². The highest BCUT2D eigenvalue weighted by Crippen LogP contribution is 2.41. The van der Waals surface area contributed by atoms with Crippen molar-refractivity contribution in [2.24, 2.45) is 5.41 Å². The Morgan fingerprint density at radius 3 is 2.39 bits per heavy atom. The maximum Gasteiger partial charge on any atom is 0.410 e. The van der Waals surface area contributed by atoms with E-state index in [-0.39, 0.29) is 19.1 Å². The molecule has 1 aliphatic carbocycles. The number of rotatable bonds is 6. The minimum absolute atomic E-state index is 0.192. The van der Waals surface area contributed by atoms with Crippen LogP contribution in [-0.4, -0.2) is 84.0 Å². The van der Waals surface area contributed by atoms with Gasteiger partial charge in [-0.25, -0.2) is 9.59 Å². The molecule has 0 aromatic rings. The number of ether oxygens (including phenoxy) is 2. The molecule has 1 atom stereocenters. The van der Waals surface area contributed by atoms with Crippen LogP contribution in [0.1, 0.15) is 47.0 Å². The van der Waals surface area contributed by atoms with Gasteiger partial charge in [0.2, 0.25) is 0 Å². The molecule has 1 heterocycles. The molecule has 1 unspecified atom stereocenters. The molecule has 0 radical (unpaired) electrons. The summed E-state index contributed by atoms with van der Waals surface area (Å²) in [5.74, 6) is -0.192. The SMILES string of the molecule is CCOC(=O)C1(CNCC2CN(C(=O)OC(C)(C)C)CCN2C(=O)O)CCC1. The molecular formula is C19H33N3O6. The van der Waals surface area contributed by atoms with Gasteiger partial charge in [-0.1, -0.05) is 6.42 Å². The number of nitrogens with zero attached hydrogens (tertiary/aromatic N) is 2. The molecule has 2 N–H and O–H groups in total. The Morgan fingerprint density at radius 1 is 1.21 bits per heavy atom. The minimum Gasteiger partial charge on any atom is -0.466 e. The van der Waals surface area contributed by atoms with E-state index in [1.807, 2.05) is 0 Å². The van der Waals surface area contributed by atoms with E-state index < -0.39 is 29.2 Å². The van der Waals surface area contributed by atoms with Crippen LogP contribution in [0.3, 0.4) is 0 Å². The van der Waals surface area contributed by atoms with Gasteiger partial charge in [0.05, 0.1) is 18.1 Å². The van der Waals surface area contributed by atoms with Gasteiger partial charge in [-0.2, -0.15) is 0 Å². The second kappa shape index (κ2) is 8.98. The van der Waals surface area contributed by atoms with E-state index in [1.54, 1.807) is 32.6 Å². The van der Waals surface area contributed by atoms with Crippen LogP contribution in [0.25, 0.3) is 0 Å². The number of carboxylic acid groups (broad SMARTS) is 1. The number of hydrogen-bond acceptors (Lipinski definition) is 6. The van der Waals surface area contributed by atoms with Crippen molar-refractivity contribution >= 4 is 18.2 Å². The average Bonchev–Trinajstić information content (AvgIpc) is 2.55. The van der Waals surface area contributed by atoms with Crippen molar-refractivity contribution in [1.29, 1.82) is 0 Å². The molecule has 9 heteroatoms. The zero-order chi connectivity index (χ0) is 20.9. The molecule has 0 aromatic heterocycles. The summed E-state index contributed by atoms with van der Waals surface area (Å²) in [7, 11) is 0. The molecule has 0 bridgehead atoms. The summed E-state index contributed by atoms with van der Waals surface area (Å²) >= 11 is 0. The Labute approximate surface area is 166 Å². The van der Waals surface area contributed by atoms with Gasteiger partial charge >= 0.3 is 18.2 Å². The van der Waals surface area contributed by atoms with Crippen LogP contribution in [0.5, 0.6) is 0 Å². The molecular weight excluding hydrogens is 366 g/mol. The highest BCUT2D eigenvalue weighted by atomic mass is 16.6. The summed E-state index contributed by atoms with van der Waals surface area (Å²) in [6.07, 6.45) is 1.08. The molecule has 2 aliphatic rings. The van der Waals surface area contributed by atoms with E-state index >= 15 is 0 Å². The number of amides is 2. The lowest BCUT2D eigenvalue weighted by molar-refractivity contribution is -0.160. The number of nitrogens with one attached hydrogen (secondary N) is 1. The highest BCUT2D eigenvalue weighted by Gasteiger charge is 2.45. The van der Waals surface area contributed by atoms with Gasteiger partial charge in [-0.15, -0.1) is 0 Å². The first-order valence-corrected chi connectivity index (χ1v) is 9.93. The lowest BCUT2D eigenvalue weighted by atomic mass is 9.68. The third-order valence-corrected chi connectivity index (χ3v) is 5.24. The molecule has 0 aromatic carbocycles. The van der Waals surface area contributed by atoms with E-state index in [2.05, 4.69) is 5.32 Å². The summed E-state index contributed by atoms with van der Waals surface area (Å²) in [5, 5.41) is 12.7. The normalized spacial score (nSPS) is 21.6. The zero-order valence-corrected chi connectivity index (χ0v) is 17.3. The molecule has 1 aliphatic heterocycles. The number of carbonyl (C=O) groups excluding carboxylic acids is 2. The maximum absolute atomic E-state index is 12.3. The third-order valence-electron chi connectivity index (χ3n) is 5.24. The first kappa shape index (κ1) is 22.3. The van der Waals surface area contributed by atoms with Crippen molar-refractivity contribution in [2.75, 3.05) is 39.3 Å². The second-order valence-electron chi connectivity index (χ2n) is 8.54. The Hall–Kier alpha value is -2.03. The van der Waals surface area contributed by atoms with Crippen LogP contribution >= 0.6 is 0 Å². The van der Waals surface area contributed by atoms with E-state index in [1.165, 1.54) is 4.90 Å². The van der Waals surface area contributed by atoms with Crippen LogP contribution < -0.4 is 5.32 Å². The fraction of sp³-hybridized carbons (Fsp3) is 0.842. The summed E-state index contributed by atoms with van der Waals surface area (Å²) < 4.78 is 10.6. The van der Waals surface area contributed by atoms with Crippen molar-refractivity contribution in [3.8, 4) is 0 Å². The van der Waals surface area contributed by atoms with E-state index in [9.17, 15) is 19.5 Å². The topological polar surface area (TPSA) is 108 Å². The predicted molar refractivity (Wildman–Crippen MR) is 102 cm³/mol. The second-order valence-corrected chi connectivity index (χ2v) is 8.54. The predicted octanol–water partition coefficient (Wildman–Crippen LogP) is 1.91. The Balaban J connectivity index is 1.94. The van der Waals surface area contributed by atoms with Gasteiger partial charge in [0.25, 0.3) is 0 Å². The number of esters is 1. The lowest BCUT2D eigenvalue weighted by Crippen LogP contribution is -2.60. The summed E-state index contributed by atoms with van der Waals surface area (Å²) in [4.78, 5) is 39.0. The smallest absolute Gasteiger partial charge is 0.410 e. The summed E-state index contributed by atoms with van der Waals surface area (Å²) in [5.41, 5.74) is -1.12. The molecule has 2 fully saturated rings. The standard InChI is InChI=1S/C19H33N3O6/c1-5-27-15(23)19(7-6-8-19)13-20-11-14-12-21(9-10-22(14)16(24)25)17(26)28-18(2,3)4/h14,20H,5-13H2,1-4H3,(H,24,25). The molecule has 160 valence electrons. The van der Waals surface area contributed by atoms with Gasteiger partial charge in [-0.05, 0) is 40.5 Å². The maximum atomic E-state index is 12.3. The molecule has 2 rings (SSSR count). The van der Waals surface area contributed by atoms with Crippen molar-refractivity contribution in [2.45, 2.75) is 58.6 Å². The highest BCUT2D eigenvalue weighted by molar-refractivity contribution is 5.78. The number of hydrogen-bond donors (Lipinski definition) is 2. The number of carbonyl (C=O) groups is 3. The third kappa shape index (κ3) is 5.50. The molecule has 9 nitrogen and oxygen atoms in total. The fourth-order valence-corrected chi connectivity index (χ4v) is 3.59. The van der Waals surface area contributed by atoms with Crippen LogP contribution in [0.4, 0.5) is 9.59 Å². The van der Waals surface area contributed by atoms with Crippen LogP contribution in [0.15, 0.2) is 0 Å². The quantitative estimate of drug-likeness (QED) is 0.657. The number of piperazine rings is 1. The monoisotopic (exact) mass is 399 g/mol. The van der Waals surface area contributed by atoms with Crippen molar-refractivity contribution in [1.82, 2.24) is 15.1 Å². The van der Waals surface area contributed by atoms with Gasteiger partial charge in [-0.3, -0.25) is 4.79 Å². The molecule has 0 spiro atoms. The minimum atomic E-state index is -1.01. The van der Waals surface area contributed by atoms with Gasteiger partial charge in [0.1, 0.15) is 5.60 Å². The van der Waals surface area contributed by atoms with Gasteiger partial charge in [0, 0.05) is 32.7 Å². The van der Waals surface area contributed by atoms with Crippen molar-refractivity contribution < 1.29 is 29.0 Å². The lowest BCUT2D eigenvalue weighted by Gasteiger charge is -2.42. The largest absolute Gasteiger partial charge is 0.466 e. The Kier molecular flexibility index (Phi) is 7.14. The summed E-state index contributed by atoms with van der Waals surface area (Å²) in [6, 6.07) is -0.405. The summed E-state index contributed by atoms with van der Waals surface area (Å²) in [6.45, 7) is 9.10. The van der Waals surface area contributed by atoms with Crippen molar-refractivity contribution in [3.63, 3.8) is 0 Å². The van der Waals surface area contributed by atoms with Crippen LogP contribution in [-0.2, 0) is 14.3 Å². The molecule has 2 amide bonds. The fourth-order valence-electron chi connectivity index (χ4n) is 3.59. The average molecular weight is 399 g/mol. The van der Waals surface area contributed by atoms with E-state index in [0.29, 0.717) is 26.2 Å². The molecule has 1 saturated carbocycles. The van der Waals surface area contributed by atoms with E-state index in [4.69, 9.17) is 9.47 Å². The molecule has 28 heavy (non-hydrogen) atoms. The molecule has 1 saturated heterocycles. The Bertz CT molecular complexity index is 585. The van der Waals surface area contributed by atoms with Gasteiger partial charge in [0.15, 0.2) is 0 Å². The zero-order valence-electron chi connectivity index (χ0n) is 17.3. The van der Waals surface area contributed by atoms with Crippen LogP contribution in [0, 0.1) is 5.41 Å². The van der Waals surface area contributed by atoms with Crippen LogP contribution in [0.2, 0.25) is 0 Å². The first-order valence-electron chi connectivity index (χ1n) is 9.93. The van der Waals surface area contributed by atoms with E-state index in [0.717, 1.165) is 19.3 Å².